The van der Waals surface area contributed by atoms with E-state index in [0.717, 1.165) is 36.5 Å². The van der Waals surface area contributed by atoms with Gasteiger partial charge in [-0.15, -0.1) is 0 Å². The SMILES string of the molecule is O=C(O)CC(NC(=O)CN1C(=O)C(CCc2ccc3c(n2)NCCC3)CC1Cc1ccccc1)c1cccnc1. The van der Waals surface area contributed by atoms with Gasteiger partial charge >= 0.3 is 5.97 Å². The molecule has 1 fully saturated rings. The molecule has 0 saturated carbocycles. The number of aryl methyl sites for hydroxylation is 2. The summed E-state index contributed by atoms with van der Waals surface area (Å²) in [5.74, 6) is -0.709. The molecule has 9 heteroatoms. The third-order valence-electron chi connectivity index (χ3n) is 7.76. The van der Waals surface area contributed by atoms with Crippen molar-refractivity contribution in [3.63, 3.8) is 0 Å². The van der Waals surface area contributed by atoms with Crippen molar-refractivity contribution in [1.82, 2.24) is 20.2 Å². The molecule has 2 aliphatic rings. The zero-order valence-corrected chi connectivity index (χ0v) is 22.5. The maximum Gasteiger partial charge on any atom is 0.305 e. The molecule has 9 nitrogen and oxygen atoms in total. The van der Waals surface area contributed by atoms with Gasteiger partial charge in [0.15, 0.2) is 0 Å². The van der Waals surface area contributed by atoms with E-state index in [4.69, 9.17) is 4.98 Å². The Kier molecular flexibility index (Phi) is 8.68. The average Bonchev–Trinajstić information content (AvgIpc) is 3.25. The van der Waals surface area contributed by atoms with Gasteiger partial charge in [-0.3, -0.25) is 19.4 Å². The van der Waals surface area contributed by atoms with Gasteiger partial charge in [0, 0.05) is 36.6 Å². The molecule has 3 N–H and O–H groups in total. The van der Waals surface area contributed by atoms with E-state index in [1.165, 1.54) is 5.56 Å². The van der Waals surface area contributed by atoms with E-state index in [1.54, 1.807) is 29.4 Å². The topological polar surface area (TPSA) is 125 Å². The van der Waals surface area contributed by atoms with Gasteiger partial charge in [0.25, 0.3) is 0 Å². The molecule has 3 atom stereocenters. The van der Waals surface area contributed by atoms with Crippen molar-refractivity contribution in [2.75, 3.05) is 18.4 Å². The van der Waals surface area contributed by atoms with E-state index in [1.807, 2.05) is 30.3 Å². The van der Waals surface area contributed by atoms with Crippen LogP contribution in [0, 0.1) is 5.92 Å². The van der Waals surface area contributed by atoms with E-state index < -0.39 is 12.0 Å². The molecular weight excluding hydrogens is 506 g/mol. The second kappa shape index (κ2) is 12.7. The molecule has 40 heavy (non-hydrogen) atoms. The summed E-state index contributed by atoms with van der Waals surface area (Å²) in [4.78, 5) is 48.8. The van der Waals surface area contributed by atoms with Crippen LogP contribution < -0.4 is 10.6 Å². The smallest absolute Gasteiger partial charge is 0.305 e. The number of nitrogens with one attached hydrogen (secondary N) is 2. The van der Waals surface area contributed by atoms with Crippen LogP contribution in [0.1, 0.15) is 54.1 Å². The molecule has 3 unspecified atom stereocenters. The lowest BCUT2D eigenvalue weighted by atomic mass is 9.95. The summed E-state index contributed by atoms with van der Waals surface area (Å²) in [5, 5.41) is 15.6. The fourth-order valence-corrected chi connectivity index (χ4v) is 5.73. The first-order valence-corrected chi connectivity index (χ1v) is 13.9. The predicted molar refractivity (Wildman–Crippen MR) is 150 cm³/mol. The van der Waals surface area contributed by atoms with Gasteiger partial charge in [0.05, 0.1) is 19.0 Å². The number of amides is 2. The highest BCUT2D eigenvalue weighted by molar-refractivity contribution is 5.88. The Hall–Kier alpha value is -4.27. The summed E-state index contributed by atoms with van der Waals surface area (Å²) >= 11 is 0. The Morgan fingerprint density at radius 3 is 2.75 bits per heavy atom. The molecular formula is C31H35N5O4. The number of benzene rings is 1. The summed E-state index contributed by atoms with van der Waals surface area (Å²) in [6.07, 6.45) is 7.66. The number of carbonyl (C=O) groups is 3. The number of aliphatic carboxylic acids is 1. The van der Waals surface area contributed by atoms with E-state index in [-0.39, 0.29) is 36.7 Å². The van der Waals surface area contributed by atoms with E-state index >= 15 is 0 Å². The lowest BCUT2D eigenvalue weighted by Gasteiger charge is -2.26. The van der Waals surface area contributed by atoms with Gasteiger partial charge in [-0.05, 0) is 67.3 Å². The molecule has 0 radical (unpaired) electrons. The highest BCUT2D eigenvalue weighted by atomic mass is 16.4. The van der Waals surface area contributed by atoms with Gasteiger partial charge in [0.2, 0.25) is 11.8 Å². The van der Waals surface area contributed by atoms with Crippen LogP contribution in [-0.2, 0) is 33.6 Å². The minimum absolute atomic E-state index is 0.0386. The quantitative estimate of drug-likeness (QED) is 0.339. The van der Waals surface area contributed by atoms with Gasteiger partial charge in [-0.1, -0.05) is 42.5 Å². The number of aromatic nitrogens is 2. The monoisotopic (exact) mass is 541 g/mol. The molecule has 0 bridgehead atoms. The van der Waals surface area contributed by atoms with Crippen molar-refractivity contribution in [2.45, 2.75) is 57.0 Å². The lowest BCUT2D eigenvalue weighted by molar-refractivity contribution is -0.139. The summed E-state index contributed by atoms with van der Waals surface area (Å²) in [5.41, 5.74) is 3.91. The van der Waals surface area contributed by atoms with Crippen LogP contribution in [-0.4, -0.2) is 56.9 Å². The van der Waals surface area contributed by atoms with Crippen molar-refractivity contribution < 1.29 is 19.5 Å². The zero-order valence-electron chi connectivity index (χ0n) is 22.5. The molecule has 0 spiro atoms. The fourth-order valence-electron chi connectivity index (χ4n) is 5.73. The highest BCUT2D eigenvalue weighted by Crippen LogP contribution is 2.31. The molecule has 2 aliphatic heterocycles. The largest absolute Gasteiger partial charge is 0.481 e. The Bertz CT molecular complexity index is 1330. The third-order valence-corrected chi connectivity index (χ3v) is 7.76. The summed E-state index contributed by atoms with van der Waals surface area (Å²) < 4.78 is 0. The number of anilines is 1. The number of hydrogen-bond acceptors (Lipinski definition) is 6. The average molecular weight is 542 g/mol. The van der Waals surface area contributed by atoms with Crippen LogP contribution in [0.4, 0.5) is 5.82 Å². The fraction of sp³-hybridized carbons (Fsp3) is 0.387. The molecule has 4 heterocycles. The number of carboxylic acid groups (broad SMARTS) is 1. The maximum atomic E-state index is 13.6. The van der Waals surface area contributed by atoms with Crippen molar-refractivity contribution in [3.8, 4) is 0 Å². The van der Waals surface area contributed by atoms with Gasteiger partial charge in [-0.2, -0.15) is 0 Å². The van der Waals surface area contributed by atoms with Crippen molar-refractivity contribution in [3.05, 3.63) is 89.4 Å². The standard InChI is InChI=1S/C31H35N5O4/c37-28(35-27(18-29(38)39)24-9-4-14-32-19-24)20-36-26(16-21-6-2-1-3-7-21)17-23(31(36)40)11-13-25-12-10-22-8-5-15-33-30(22)34-25/h1-4,6-7,9-10,12,14,19,23,26-27H,5,8,11,13,15-18,20H2,(H,33,34)(H,35,37)(H,38,39). The number of rotatable bonds is 11. The van der Waals surface area contributed by atoms with Crippen LogP contribution >= 0.6 is 0 Å². The first kappa shape index (κ1) is 27.3. The lowest BCUT2D eigenvalue weighted by Crippen LogP contribution is -2.44. The summed E-state index contributed by atoms with van der Waals surface area (Å²) in [6, 6.07) is 16.7. The molecule has 5 rings (SSSR count). The minimum atomic E-state index is -1.03. The maximum absolute atomic E-state index is 13.6. The van der Waals surface area contributed by atoms with Gasteiger partial charge in [0.1, 0.15) is 5.82 Å². The summed E-state index contributed by atoms with van der Waals surface area (Å²) in [6.45, 7) is 0.807. The predicted octanol–water partition coefficient (Wildman–Crippen LogP) is 3.56. The number of hydrogen-bond donors (Lipinski definition) is 3. The molecule has 2 aromatic heterocycles. The Morgan fingerprint density at radius 1 is 1.12 bits per heavy atom. The molecule has 3 aromatic rings. The molecule has 0 aliphatic carbocycles. The number of carbonyl (C=O) groups excluding carboxylic acids is 2. The Labute approximate surface area is 234 Å². The van der Waals surface area contributed by atoms with Crippen molar-refractivity contribution >= 4 is 23.6 Å². The number of carboxylic acids is 1. The number of pyridine rings is 2. The number of nitrogens with zero attached hydrogens (tertiary/aromatic N) is 3. The molecule has 1 aromatic carbocycles. The van der Waals surface area contributed by atoms with Crippen LogP contribution in [0.15, 0.2) is 67.0 Å². The van der Waals surface area contributed by atoms with E-state index in [0.29, 0.717) is 31.2 Å². The van der Waals surface area contributed by atoms with Crippen LogP contribution in [0.3, 0.4) is 0 Å². The second-order valence-corrected chi connectivity index (χ2v) is 10.6. The van der Waals surface area contributed by atoms with Crippen LogP contribution in [0.2, 0.25) is 0 Å². The normalized spacial score (nSPS) is 19.0. The van der Waals surface area contributed by atoms with E-state index in [2.05, 4.69) is 27.8 Å². The van der Waals surface area contributed by atoms with Crippen LogP contribution in [0.5, 0.6) is 0 Å². The first-order valence-electron chi connectivity index (χ1n) is 13.9. The second-order valence-electron chi connectivity index (χ2n) is 10.6. The number of likely N-dealkylation sites (tertiary alicyclic amines) is 1. The van der Waals surface area contributed by atoms with Crippen molar-refractivity contribution in [2.24, 2.45) is 5.92 Å². The minimum Gasteiger partial charge on any atom is -0.481 e. The van der Waals surface area contributed by atoms with E-state index in [9.17, 15) is 19.5 Å². The third kappa shape index (κ3) is 6.83. The van der Waals surface area contributed by atoms with Crippen LogP contribution in [0.25, 0.3) is 0 Å². The Balaban J connectivity index is 1.28. The molecule has 1 saturated heterocycles. The Morgan fingerprint density at radius 2 is 1.98 bits per heavy atom. The zero-order chi connectivity index (χ0) is 27.9. The van der Waals surface area contributed by atoms with Crippen molar-refractivity contribution in [1.29, 1.82) is 0 Å². The van der Waals surface area contributed by atoms with Gasteiger partial charge < -0.3 is 20.6 Å². The first-order chi connectivity index (χ1) is 19.5. The summed E-state index contributed by atoms with van der Waals surface area (Å²) in [7, 11) is 0. The van der Waals surface area contributed by atoms with Gasteiger partial charge in [-0.25, -0.2) is 4.98 Å². The number of fused-ring (bicyclic) bond motifs is 1. The highest BCUT2D eigenvalue weighted by Gasteiger charge is 2.40. The molecule has 208 valence electrons. The molecule has 2 amide bonds.